The number of hydrogen-bond acceptors (Lipinski definition) is 2. The number of aryl methyl sites for hydroxylation is 1. The van der Waals surface area contributed by atoms with E-state index in [2.05, 4.69) is 64.6 Å². The van der Waals surface area contributed by atoms with Gasteiger partial charge < -0.3 is 10.3 Å². The molecule has 2 aromatic rings. The zero-order valence-corrected chi connectivity index (χ0v) is 13.7. The molecule has 3 nitrogen and oxygen atoms in total. The highest BCUT2D eigenvalue weighted by Gasteiger charge is 2.32. The van der Waals surface area contributed by atoms with Crippen LogP contribution in [0.5, 0.6) is 0 Å². The van der Waals surface area contributed by atoms with Crippen LogP contribution in [0.25, 0.3) is 5.82 Å². The first-order chi connectivity index (χ1) is 9.37. The highest BCUT2D eigenvalue weighted by molar-refractivity contribution is 9.10. The lowest BCUT2D eigenvalue weighted by Gasteiger charge is -2.34. The van der Waals surface area contributed by atoms with Gasteiger partial charge in [0, 0.05) is 28.6 Å². The molecule has 0 aliphatic heterocycles. The Morgan fingerprint density at radius 1 is 1.45 bits per heavy atom. The number of nitrogens with zero attached hydrogens (tertiary/aromatic N) is 2. The van der Waals surface area contributed by atoms with Crippen molar-refractivity contribution in [2.45, 2.75) is 39.7 Å². The summed E-state index contributed by atoms with van der Waals surface area (Å²) >= 11 is 3.47. The van der Waals surface area contributed by atoms with Crippen molar-refractivity contribution in [2.24, 2.45) is 11.1 Å². The van der Waals surface area contributed by atoms with Crippen LogP contribution in [0.3, 0.4) is 0 Å². The maximum absolute atomic E-state index is 6.33. The molecule has 1 atom stereocenters. The van der Waals surface area contributed by atoms with Gasteiger partial charge >= 0.3 is 0 Å². The molecule has 0 saturated heterocycles. The number of fused-ring (bicyclic) bond motifs is 1. The fourth-order valence-corrected chi connectivity index (χ4v) is 3.67. The van der Waals surface area contributed by atoms with E-state index in [1.165, 1.54) is 11.3 Å². The third kappa shape index (κ3) is 2.31. The van der Waals surface area contributed by atoms with E-state index in [9.17, 15) is 0 Å². The molecular formula is C16H20BrN3. The molecule has 1 aliphatic carbocycles. The number of halogens is 1. The normalized spacial score (nSPS) is 20.8. The lowest BCUT2D eigenvalue weighted by atomic mass is 9.74. The topological polar surface area (TPSA) is 43.8 Å². The van der Waals surface area contributed by atoms with Crippen LogP contribution in [0.2, 0.25) is 0 Å². The van der Waals surface area contributed by atoms with Crippen LogP contribution in [0, 0.1) is 12.3 Å². The van der Waals surface area contributed by atoms with Gasteiger partial charge in [-0.15, -0.1) is 0 Å². The highest BCUT2D eigenvalue weighted by atomic mass is 79.9. The minimum atomic E-state index is 0.130. The van der Waals surface area contributed by atoms with Gasteiger partial charge in [0.05, 0.1) is 0 Å². The Labute approximate surface area is 128 Å². The van der Waals surface area contributed by atoms with Crippen LogP contribution in [0.1, 0.15) is 43.1 Å². The van der Waals surface area contributed by atoms with Gasteiger partial charge in [-0.05, 0) is 64.4 Å². The van der Waals surface area contributed by atoms with Crippen molar-refractivity contribution >= 4 is 15.9 Å². The van der Waals surface area contributed by atoms with E-state index < -0.39 is 0 Å². The first kappa shape index (κ1) is 13.8. The number of aromatic nitrogens is 2. The molecule has 0 aromatic carbocycles. The quantitative estimate of drug-likeness (QED) is 0.859. The number of hydrogen-bond donors (Lipinski definition) is 1. The fraction of sp³-hybridized carbons (Fsp3) is 0.438. The molecule has 20 heavy (non-hydrogen) atoms. The summed E-state index contributed by atoms with van der Waals surface area (Å²) < 4.78 is 3.22. The van der Waals surface area contributed by atoms with Gasteiger partial charge in [-0.25, -0.2) is 4.98 Å². The molecule has 0 amide bonds. The standard InChI is InChI=1S/C16H20BrN3/c1-10-6-11(17)9-19-15(10)20-5-4-12-13(18)7-16(2,3)8-14(12)20/h4-6,9,13H,7-8,18H2,1-3H3. The molecule has 1 unspecified atom stereocenters. The van der Waals surface area contributed by atoms with Crippen LogP contribution >= 0.6 is 15.9 Å². The lowest BCUT2D eigenvalue weighted by Crippen LogP contribution is -2.30. The van der Waals surface area contributed by atoms with E-state index in [0.29, 0.717) is 0 Å². The minimum Gasteiger partial charge on any atom is -0.324 e. The summed E-state index contributed by atoms with van der Waals surface area (Å²) in [5.41, 5.74) is 10.3. The first-order valence-electron chi connectivity index (χ1n) is 6.96. The molecule has 106 valence electrons. The van der Waals surface area contributed by atoms with Crippen molar-refractivity contribution in [1.29, 1.82) is 0 Å². The smallest absolute Gasteiger partial charge is 0.139 e. The minimum absolute atomic E-state index is 0.130. The van der Waals surface area contributed by atoms with Crippen LogP contribution in [0.4, 0.5) is 0 Å². The molecule has 4 heteroatoms. The Balaban J connectivity index is 2.13. The van der Waals surface area contributed by atoms with E-state index in [1.807, 2.05) is 6.20 Å². The van der Waals surface area contributed by atoms with Crippen LogP contribution < -0.4 is 5.73 Å². The summed E-state index contributed by atoms with van der Waals surface area (Å²) in [6.07, 6.45) is 6.04. The van der Waals surface area contributed by atoms with E-state index in [1.54, 1.807) is 0 Å². The number of nitrogens with two attached hydrogens (primary N) is 1. The monoisotopic (exact) mass is 333 g/mol. The summed E-state index contributed by atoms with van der Waals surface area (Å²) in [6, 6.07) is 4.38. The Morgan fingerprint density at radius 2 is 2.20 bits per heavy atom. The predicted octanol–water partition coefficient (Wildman–Crippen LogP) is 3.92. The SMILES string of the molecule is Cc1cc(Br)cnc1-n1ccc2c1CC(C)(C)CC2N. The van der Waals surface area contributed by atoms with Crippen molar-refractivity contribution < 1.29 is 0 Å². The molecule has 0 bridgehead atoms. The van der Waals surface area contributed by atoms with E-state index in [-0.39, 0.29) is 11.5 Å². The second kappa shape index (κ2) is 4.71. The molecule has 3 rings (SSSR count). The third-order valence-electron chi connectivity index (χ3n) is 4.09. The Kier molecular flexibility index (Phi) is 3.26. The molecule has 0 saturated carbocycles. The van der Waals surface area contributed by atoms with Crippen LogP contribution in [-0.4, -0.2) is 9.55 Å². The molecule has 0 fully saturated rings. The zero-order chi connectivity index (χ0) is 14.5. The number of rotatable bonds is 1. The maximum Gasteiger partial charge on any atom is 0.139 e. The van der Waals surface area contributed by atoms with E-state index in [4.69, 9.17) is 5.73 Å². The molecule has 2 N–H and O–H groups in total. The van der Waals surface area contributed by atoms with E-state index in [0.717, 1.165) is 28.7 Å². The number of pyridine rings is 1. The largest absolute Gasteiger partial charge is 0.324 e. The van der Waals surface area contributed by atoms with Crippen molar-refractivity contribution in [3.63, 3.8) is 0 Å². The van der Waals surface area contributed by atoms with Crippen molar-refractivity contribution in [2.75, 3.05) is 0 Å². The van der Waals surface area contributed by atoms with Gasteiger partial charge in [0.2, 0.25) is 0 Å². The van der Waals surface area contributed by atoms with Gasteiger partial charge in [-0.3, -0.25) is 0 Å². The van der Waals surface area contributed by atoms with Crippen LogP contribution in [-0.2, 0) is 6.42 Å². The van der Waals surface area contributed by atoms with Crippen molar-refractivity contribution in [3.8, 4) is 5.82 Å². The molecule has 0 radical (unpaired) electrons. The molecule has 0 spiro atoms. The van der Waals surface area contributed by atoms with Crippen molar-refractivity contribution in [1.82, 2.24) is 9.55 Å². The average molecular weight is 334 g/mol. The maximum atomic E-state index is 6.33. The molecule has 2 heterocycles. The van der Waals surface area contributed by atoms with Gasteiger partial charge in [0.15, 0.2) is 0 Å². The summed E-state index contributed by atoms with van der Waals surface area (Å²) in [6.45, 7) is 6.66. The molecule has 1 aliphatic rings. The van der Waals surface area contributed by atoms with Crippen molar-refractivity contribution in [3.05, 3.63) is 45.8 Å². The Bertz CT molecular complexity index is 658. The Hall–Kier alpha value is -1.13. The van der Waals surface area contributed by atoms with Crippen LogP contribution in [0.15, 0.2) is 29.0 Å². The van der Waals surface area contributed by atoms with Gasteiger partial charge in [-0.2, -0.15) is 0 Å². The summed E-state index contributed by atoms with van der Waals surface area (Å²) in [7, 11) is 0. The summed E-state index contributed by atoms with van der Waals surface area (Å²) in [5.74, 6) is 0.999. The van der Waals surface area contributed by atoms with E-state index >= 15 is 0 Å². The lowest BCUT2D eigenvalue weighted by molar-refractivity contribution is 0.278. The van der Waals surface area contributed by atoms with Gasteiger partial charge in [0.1, 0.15) is 5.82 Å². The fourth-order valence-electron chi connectivity index (χ4n) is 3.22. The second-order valence-corrected chi connectivity index (χ2v) is 7.45. The first-order valence-corrected chi connectivity index (χ1v) is 7.75. The zero-order valence-electron chi connectivity index (χ0n) is 12.2. The Morgan fingerprint density at radius 3 is 2.90 bits per heavy atom. The van der Waals surface area contributed by atoms with Gasteiger partial charge in [-0.1, -0.05) is 13.8 Å². The average Bonchev–Trinajstić information content (AvgIpc) is 2.71. The highest BCUT2D eigenvalue weighted by Crippen LogP contribution is 2.40. The third-order valence-corrected chi connectivity index (χ3v) is 4.52. The molecule has 2 aromatic heterocycles. The second-order valence-electron chi connectivity index (χ2n) is 6.53. The van der Waals surface area contributed by atoms with Gasteiger partial charge in [0.25, 0.3) is 0 Å². The summed E-state index contributed by atoms with van der Waals surface area (Å²) in [5, 5.41) is 0. The predicted molar refractivity (Wildman–Crippen MR) is 85.0 cm³/mol. The molecular weight excluding hydrogens is 314 g/mol. The summed E-state index contributed by atoms with van der Waals surface area (Å²) in [4.78, 5) is 4.58.